The van der Waals surface area contributed by atoms with E-state index in [-0.39, 0.29) is 5.92 Å². The molecule has 0 aromatic heterocycles. The van der Waals surface area contributed by atoms with Crippen molar-refractivity contribution < 1.29 is 14.3 Å². The quantitative estimate of drug-likeness (QED) is 0.414. The van der Waals surface area contributed by atoms with Crippen molar-refractivity contribution in [3.63, 3.8) is 0 Å². The van der Waals surface area contributed by atoms with E-state index in [0.717, 1.165) is 24.3 Å². The second-order valence-electron chi connectivity index (χ2n) is 7.51. The molecule has 2 N–H and O–H groups in total. The number of ether oxygens (including phenoxy) is 1. The van der Waals surface area contributed by atoms with Crippen LogP contribution in [0.5, 0.6) is 5.75 Å². The number of anilines is 1. The molecule has 2 amide bonds. The molecule has 1 unspecified atom stereocenters. The zero-order valence-corrected chi connectivity index (χ0v) is 19.9. The summed E-state index contributed by atoms with van der Waals surface area (Å²) in [7, 11) is 1.59. The SMILES string of the molecule is CCN(CC)c1ccc(C=NNC(=O)C(NC(=O)c2ccccc2Cl)C(C)C)c(OC)c1. The van der Waals surface area contributed by atoms with Crippen molar-refractivity contribution in [1.29, 1.82) is 0 Å². The van der Waals surface area contributed by atoms with Crippen LogP contribution in [0.25, 0.3) is 0 Å². The van der Waals surface area contributed by atoms with Crippen LogP contribution in [0.4, 0.5) is 5.69 Å². The lowest BCUT2D eigenvalue weighted by atomic mass is 10.0. The molecule has 1 atom stereocenters. The molecular weight excluding hydrogens is 428 g/mol. The molecule has 2 aromatic carbocycles. The molecule has 7 nitrogen and oxygen atoms in total. The molecule has 172 valence electrons. The maximum atomic E-state index is 12.7. The van der Waals surface area contributed by atoms with Crippen LogP contribution in [-0.2, 0) is 4.79 Å². The van der Waals surface area contributed by atoms with Crippen LogP contribution in [0, 0.1) is 5.92 Å². The Morgan fingerprint density at radius 2 is 1.84 bits per heavy atom. The van der Waals surface area contributed by atoms with E-state index in [2.05, 4.69) is 34.6 Å². The van der Waals surface area contributed by atoms with Gasteiger partial charge in [-0.05, 0) is 44.0 Å². The Balaban J connectivity index is 2.10. The van der Waals surface area contributed by atoms with Gasteiger partial charge in [-0.25, -0.2) is 5.43 Å². The number of halogens is 1. The summed E-state index contributed by atoms with van der Waals surface area (Å²) >= 11 is 6.09. The number of hydrazone groups is 1. The third-order valence-electron chi connectivity index (χ3n) is 5.08. The Kier molecular flexibility index (Phi) is 9.53. The predicted octanol–water partition coefficient (Wildman–Crippen LogP) is 4.10. The van der Waals surface area contributed by atoms with Gasteiger partial charge in [0.1, 0.15) is 11.8 Å². The fraction of sp³-hybridized carbons (Fsp3) is 0.375. The average molecular weight is 459 g/mol. The molecule has 0 saturated heterocycles. The topological polar surface area (TPSA) is 83.0 Å². The number of carbonyl (C=O) groups is 2. The lowest BCUT2D eigenvalue weighted by Crippen LogP contribution is -2.48. The zero-order chi connectivity index (χ0) is 23.7. The number of nitrogens with zero attached hydrogens (tertiary/aromatic N) is 2. The molecule has 8 heteroatoms. The molecule has 0 aliphatic rings. The zero-order valence-electron chi connectivity index (χ0n) is 19.2. The van der Waals surface area contributed by atoms with E-state index in [1.54, 1.807) is 31.4 Å². The fourth-order valence-corrected chi connectivity index (χ4v) is 3.45. The van der Waals surface area contributed by atoms with Gasteiger partial charge >= 0.3 is 0 Å². The Hall–Kier alpha value is -3.06. The highest BCUT2D eigenvalue weighted by molar-refractivity contribution is 6.33. The number of amides is 2. The molecule has 0 fully saturated rings. The Bertz CT molecular complexity index is 958. The van der Waals surface area contributed by atoms with Crippen molar-refractivity contribution in [2.75, 3.05) is 25.1 Å². The molecule has 0 heterocycles. The molecule has 0 spiro atoms. The lowest BCUT2D eigenvalue weighted by Gasteiger charge is -2.22. The third kappa shape index (κ3) is 6.47. The van der Waals surface area contributed by atoms with Gasteiger partial charge in [0.05, 0.1) is 23.9 Å². The summed E-state index contributed by atoms with van der Waals surface area (Å²) in [6.07, 6.45) is 1.52. The van der Waals surface area contributed by atoms with E-state index >= 15 is 0 Å². The highest BCUT2D eigenvalue weighted by atomic mass is 35.5. The number of methoxy groups -OCH3 is 1. The van der Waals surface area contributed by atoms with Crippen LogP contribution in [0.1, 0.15) is 43.6 Å². The first kappa shape index (κ1) is 25.2. The third-order valence-corrected chi connectivity index (χ3v) is 5.41. The van der Waals surface area contributed by atoms with Gasteiger partial charge in [-0.3, -0.25) is 9.59 Å². The molecule has 0 bridgehead atoms. The number of carbonyl (C=O) groups excluding carboxylic acids is 2. The van der Waals surface area contributed by atoms with Gasteiger partial charge in [-0.1, -0.05) is 37.6 Å². The highest BCUT2D eigenvalue weighted by Crippen LogP contribution is 2.24. The molecule has 32 heavy (non-hydrogen) atoms. The number of hydrogen-bond acceptors (Lipinski definition) is 5. The van der Waals surface area contributed by atoms with Gasteiger partial charge in [-0.15, -0.1) is 0 Å². The standard InChI is InChI=1S/C24H31ClN4O3/c1-6-29(7-2)18-13-12-17(21(14-18)32-5)15-26-28-24(31)22(16(3)4)27-23(30)19-10-8-9-11-20(19)25/h8-16,22H,6-7H2,1-5H3,(H,27,30)(H,28,31). The maximum absolute atomic E-state index is 12.7. The molecule has 2 aromatic rings. The van der Waals surface area contributed by atoms with Crippen molar-refractivity contribution in [3.05, 3.63) is 58.6 Å². The van der Waals surface area contributed by atoms with Crippen molar-refractivity contribution in [2.24, 2.45) is 11.0 Å². The van der Waals surface area contributed by atoms with Gasteiger partial charge < -0.3 is 15.0 Å². The first-order valence-corrected chi connectivity index (χ1v) is 11.0. The van der Waals surface area contributed by atoms with Gasteiger partial charge in [0.25, 0.3) is 11.8 Å². The molecule has 0 aliphatic heterocycles. The molecule has 0 saturated carbocycles. The summed E-state index contributed by atoms with van der Waals surface area (Å²) in [4.78, 5) is 27.5. The van der Waals surface area contributed by atoms with E-state index in [4.69, 9.17) is 16.3 Å². The normalized spacial score (nSPS) is 12.0. The van der Waals surface area contributed by atoms with Crippen LogP contribution >= 0.6 is 11.6 Å². The number of nitrogens with one attached hydrogen (secondary N) is 2. The first-order valence-electron chi connectivity index (χ1n) is 10.6. The average Bonchev–Trinajstić information content (AvgIpc) is 2.78. The minimum Gasteiger partial charge on any atom is -0.496 e. The maximum Gasteiger partial charge on any atom is 0.262 e. The number of hydrogen-bond donors (Lipinski definition) is 2. The second-order valence-corrected chi connectivity index (χ2v) is 7.91. The Labute approximate surface area is 194 Å². The predicted molar refractivity (Wildman–Crippen MR) is 130 cm³/mol. The van der Waals surface area contributed by atoms with E-state index in [0.29, 0.717) is 16.3 Å². The monoisotopic (exact) mass is 458 g/mol. The van der Waals surface area contributed by atoms with Crippen LogP contribution in [0.2, 0.25) is 5.02 Å². The Morgan fingerprint density at radius 3 is 2.44 bits per heavy atom. The van der Waals surface area contributed by atoms with Crippen molar-refractivity contribution in [1.82, 2.24) is 10.7 Å². The lowest BCUT2D eigenvalue weighted by molar-refractivity contribution is -0.123. The van der Waals surface area contributed by atoms with E-state index in [9.17, 15) is 9.59 Å². The number of rotatable bonds is 10. The van der Waals surface area contributed by atoms with Crippen LogP contribution in [-0.4, -0.2) is 44.3 Å². The summed E-state index contributed by atoms with van der Waals surface area (Å²) in [5, 5.41) is 7.13. The number of benzene rings is 2. The fourth-order valence-electron chi connectivity index (χ4n) is 3.23. The van der Waals surface area contributed by atoms with Crippen LogP contribution < -0.4 is 20.4 Å². The smallest absolute Gasteiger partial charge is 0.262 e. The molecule has 0 radical (unpaired) electrons. The van der Waals surface area contributed by atoms with Crippen molar-refractivity contribution >= 4 is 35.3 Å². The van der Waals surface area contributed by atoms with E-state index in [1.807, 2.05) is 32.0 Å². The Morgan fingerprint density at radius 1 is 1.16 bits per heavy atom. The first-order chi connectivity index (χ1) is 15.3. The van der Waals surface area contributed by atoms with Gasteiger partial charge in [0, 0.05) is 30.4 Å². The van der Waals surface area contributed by atoms with Gasteiger partial charge in [-0.2, -0.15) is 5.10 Å². The highest BCUT2D eigenvalue weighted by Gasteiger charge is 2.25. The summed E-state index contributed by atoms with van der Waals surface area (Å²) < 4.78 is 5.48. The van der Waals surface area contributed by atoms with Gasteiger partial charge in [0.15, 0.2) is 0 Å². The molecule has 0 aliphatic carbocycles. The van der Waals surface area contributed by atoms with Crippen LogP contribution in [0.3, 0.4) is 0 Å². The van der Waals surface area contributed by atoms with Crippen LogP contribution in [0.15, 0.2) is 47.6 Å². The largest absolute Gasteiger partial charge is 0.496 e. The summed E-state index contributed by atoms with van der Waals surface area (Å²) in [6.45, 7) is 9.65. The minimum atomic E-state index is -0.775. The van der Waals surface area contributed by atoms with Gasteiger partial charge in [0.2, 0.25) is 0 Å². The van der Waals surface area contributed by atoms with E-state index < -0.39 is 17.9 Å². The summed E-state index contributed by atoms with van der Waals surface area (Å²) in [5.41, 5.74) is 4.60. The molecular formula is C24H31ClN4O3. The van der Waals surface area contributed by atoms with E-state index in [1.165, 1.54) is 6.21 Å². The summed E-state index contributed by atoms with van der Waals surface area (Å²) in [6, 6.07) is 11.7. The second kappa shape index (κ2) is 12.1. The minimum absolute atomic E-state index is 0.153. The van der Waals surface area contributed by atoms with Crippen molar-refractivity contribution in [2.45, 2.75) is 33.7 Å². The molecule has 2 rings (SSSR count). The summed E-state index contributed by atoms with van der Waals surface area (Å²) in [5.74, 6) is -0.336. The van der Waals surface area contributed by atoms with Crippen molar-refractivity contribution in [3.8, 4) is 5.75 Å².